The first-order valence-corrected chi connectivity index (χ1v) is 11.7. The van der Waals surface area contributed by atoms with Crippen molar-refractivity contribution in [2.24, 2.45) is 5.92 Å². The molecular weight excluding hydrogens is 412 g/mol. The molecule has 0 saturated carbocycles. The summed E-state index contributed by atoms with van der Waals surface area (Å²) in [6.07, 6.45) is -0.199. The average Bonchev–Trinajstić information content (AvgIpc) is 2.85. The van der Waals surface area contributed by atoms with Crippen molar-refractivity contribution < 1.29 is 22.7 Å². The van der Waals surface area contributed by atoms with Crippen LogP contribution in [-0.2, 0) is 19.4 Å². The van der Waals surface area contributed by atoms with Crippen molar-refractivity contribution in [3.63, 3.8) is 0 Å². The summed E-state index contributed by atoms with van der Waals surface area (Å²) in [5.41, 5.74) is 0.972. The molecule has 2 amide bonds. The van der Waals surface area contributed by atoms with Crippen molar-refractivity contribution in [2.45, 2.75) is 23.1 Å². The highest BCUT2D eigenvalue weighted by atomic mass is 32.2. The number of carbonyl (C=O) groups excluding carboxylic acids is 2. The van der Waals surface area contributed by atoms with Crippen LogP contribution in [0.3, 0.4) is 0 Å². The monoisotopic (exact) mass is 434 g/mol. The van der Waals surface area contributed by atoms with Crippen LogP contribution < -0.4 is 15.4 Å². The summed E-state index contributed by atoms with van der Waals surface area (Å²) in [6.45, 7) is 1.83. The minimum atomic E-state index is -3.69. The number of anilines is 2. The van der Waals surface area contributed by atoms with E-state index in [0.29, 0.717) is 22.9 Å². The minimum Gasteiger partial charge on any atom is -0.495 e. The summed E-state index contributed by atoms with van der Waals surface area (Å²) in [4.78, 5) is 25.2. The molecule has 0 saturated heterocycles. The SMILES string of the molecule is COc1ccccc1NC(=O)CCS(=O)(=O)c1ccc2c(c1)NC(=O)C(C)CS2. The highest BCUT2D eigenvalue weighted by Gasteiger charge is 2.23. The van der Waals surface area contributed by atoms with Gasteiger partial charge in [-0.2, -0.15) is 0 Å². The highest BCUT2D eigenvalue weighted by molar-refractivity contribution is 7.99. The van der Waals surface area contributed by atoms with Crippen LogP contribution in [0.4, 0.5) is 11.4 Å². The van der Waals surface area contributed by atoms with Crippen LogP contribution >= 0.6 is 11.8 Å². The van der Waals surface area contributed by atoms with E-state index in [4.69, 9.17) is 4.74 Å². The first-order valence-electron chi connectivity index (χ1n) is 9.03. The molecule has 1 aliphatic rings. The van der Waals surface area contributed by atoms with Crippen molar-refractivity contribution in [1.82, 2.24) is 0 Å². The van der Waals surface area contributed by atoms with Crippen LogP contribution in [0.25, 0.3) is 0 Å². The molecule has 7 nitrogen and oxygen atoms in total. The van der Waals surface area contributed by atoms with Crippen LogP contribution in [0.15, 0.2) is 52.3 Å². The summed E-state index contributed by atoms with van der Waals surface area (Å²) in [7, 11) is -2.20. The Morgan fingerprint density at radius 1 is 1.28 bits per heavy atom. The first-order chi connectivity index (χ1) is 13.8. The molecule has 1 unspecified atom stereocenters. The molecule has 1 aliphatic heterocycles. The number of para-hydroxylation sites is 2. The standard InChI is InChI=1S/C20H22N2O5S2/c1-13-12-28-18-8-7-14(11-16(18)22-20(13)24)29(25,26)10-9-19(23)21-15-5-3-4-6-17(15)27-2/h3-8,11,13H,9-10,12H2,1-2H3,(H,21,23)(H,22,24). The number of thioether (sulfide) groups is 1. The van der Waals surface area contributed by atoms with E-state index in [2.05, 4.69) is 10.6 Å². The van der Waals surface area contributed by atoms with Gasteiger partial charge in [0.1, 0.15) is 5.75 Å². The topological polar surface area (TPSA) is 102 Å². The van der Waals surface area contributed by atoms with Gasteiger partial charge in [0.2, 0.25) is 11.8 Å². The molecule has 0 radical (unpaired) electrons. The van der Waals surface area contributed by atoms with Crippen LogP contribution in [0.5, 0.6) is 5.75 Å². The van der Waals surface area contributed by atoms with Gasteiger partial charge < -0.3 is 15.4 Å². The van der Waals surface area contributed by atoms with E-state index in [1.54, 1.807) is 30.3 Å². The third kappa shape index (κ3) is 5.10. The van der Waals surface area contributed by atoms with E-state index in [9.17, 15) is 18.0 Å². The summed E-state index contributed by atoms with van der Waals surface area (Å²) in [5, 5.41) is 5.44. The number of sulfone groups is 1. The van der Waals surface area contributed by atoms with E-state index in [1.165, 1.54) is 31.0 Å². The van der Waals surface area contributed by atoms with Crippen LogP contribution in [0.1, 0.15) is 13.3 Å². The van der Waals surface area contributed by atoms with E-state index >= 15 is 0 Å². The summed E-state index contributed by atoms with van der Waals surface area (Å²) < 4.78 is 30.6. The summed E-state index contributed by atoms with van der Waals surface area (Å²) in [6, 6.07) is 11.6. The number of nitrogens with one attached hydrogen (secondary N) is 2. The molecule has 154 valence electrons. The first kappa shape index (κ1) is 21.2. The molecule has 0 bridgehead atoms. The largest absolute Gasteiger partial charge is 0.495 e. The maximum atomic E-state index is 12.7. The Morgan fingerprint density at radius 2 is 2.03 bits per heavy atom. The number of hydrogen-bond acceptors (Lipinski definition) is 6. The molecule has 0 aliphatic carbocycles. The lowest BCUT2D eigenvalue weighted by Gasteiger charge is -2.11. The molecule has 3 rings (SSSR count). The Labute approximate surface area is 174 Å². The number of rotatable bonds is 6. The van der Waals surface area contributed by atoms with Gasteiger partial charge in [0, 0.05) is 23.0 Å². The molecule has 1 heterocycles. The Kier molecular flexibility index (Phi) is 6.49. The maximum absolute atomic E-state index is 12.7. The fourth-order valence-corrected chi connectivity index (χ4v) is 5.05. The van der Waals surface area contributed by atoms with Crippen molar-refractivity contribution in [1.29, 1.82) is 0 Å². The molecule has 0 aromatic heterocycles. The fraction of sp³-hybridized carbons (Fsp3) is 0.300. The zero-order valence-electron chi connectivity index (χ0n) is 16.1. The van der Waals surface area contributed by atoms with Gasteiger partial charge in [-0.15, -0.1) is 11.8 Å². The van der Waals surface area contributed by atoms with Crippen molar-refractivity contribution in [3.05, 3.63) is 42.5 Å². The molecular formula is C20H22N2O5S2. The molecule has 9 heteroatoms. The normalized spacial score (nSPS) is 16.3. The predicted molar refractivity (Wildman–Crippen MR) is 113 cm³/mol. The number of fused-ring (bicyclic) bond motifs is 1. The summed E-state index contributed by atoms with van der Waals surface area (Å²) >= 11 is 1.51. The molecule has 0 spiro atoms. The van der Waals surface area contributed by atoms with E-state index in [-0.39, 0.29) is 28.9 Å². The Bertz CT molecular complexity index is 1040. The van der Waals surface area contributed by atoms with Crippen LogP contribution in [0.2, 0.25) is 0 Å². The van der Waals surface area contributed by atoms with Gasteiger partial charge in [0.25, 0.3) is 0 Å². The number of benzene rings is 2. The van der Waals surface area contributed by atoms with Gasteiger partial charge >= 0.3 is 0 Å². The van der Waals surface area contributed by atoms with E-state index in [1.807, 2.05) is 6.92 Å². The van der Waals surface area contributed by atoms with Gasteiger partial charge in [-0.05, 0) is 30.3 Å². The van der Waals surface area contributed by atoms with Crippen molar-refractivity contribution in [2.75, 3.05) is 29.2 Å². The number of ether oxygens (including phenoxy) is 1. The second kappa shape index (κ2) is 8.87. The third-order valence-corrected chi connectivity index (χ3v) is 7.53. The van der Waals surface area contributed by atoms with Gasteiger partial charge in [-0.3, -0.25) is 9.59 Å². The molecule has 1 atom stereocenters. The Hall–Kier alpha value is -2.52. The number of hydrogen-bond donors (Lipinski definition) is 2. The smallest absolute Gasteiger partial charge is 0.228 e. The minimum absolute atomic E-state index is 0.0804. The molecule has 29 heavy (non-hydrogen) atoms. The van der Waals surface area contributed by atoms with Gasteiger partial charge in [0.05, 0.1) is 29.1 Å². The Balaban J connectivity index is 1.69. The predicted octanol–water partition coefficient (Wildman–Crippen LogP) is 3.18. The molecule has 2 aromatic carbocycles. The van der Waals surface area contributed by atoms with E-state index < -0.39 is 15.7 Å². The average molecular weight is 435 g/mol. The zero-order chi connectivity index (χ0) is 21.0. The third-order valence-electron chi connectivity index (χ3n) is 4.48. The second-order valence-corrected chi connectivity index (χ2v) is 9.85. The van der Waals surface area contributed by atoms with Crippen molar-refractivity contribution >= 4 is 44.8 Å². The van der Waals surface area contributed by atoms with Gasteiger partial charge in [-0.1, -0.05) is 19.1 Å². The lowest BCUT2D eigenvalue weighted by Crippen LogP contribution is -2.20. The van der Waals surface area contributed by atoms with Crippen LogP contribution in [-0.4, -0.2) is 38.8 Å². The van der Waals surface area contributed by atoms with Crippen molar-refractivity contribution in [3.8, 4) is 5.75 Å². The van der Waals surface area contributed by atoms with Gasteiger partial charge in [-0.25, -0.2) is 8.42 Å². The number of carbonyl (C=O) groups is 2. The lowest BCUT2D eigenvalue weighted by atomic mass is 10.2. The number of amides is 2. The second-order valence-electron chi connectivity index (χ2n) is 6.68. The zero-order valence-corrected chi connectivity index (χ0v) is 17.7. The molecule has 2 aromatic rings. The summed E-state index contributed by atoms with van der Waals surface area (Å²) in [5.74, 6) is 0.0637. The van der Waals surface area contributed by atoms with Crippen LogP contribution in [0, 0.1) is 5.92 Å². The maximum Gasteiger partial charge on any atom is 0.228 e. The highest BCUT2D eigenvalue weighted by Crippen LogP contribution is 2.34. The molecule has 0 fully saturated rings. The van der Waals surface area contributed by atoms with Gasteiger partial charge in [0.15, 0.2) is 9.84 Å². The number of methoxy groups -OCH3 is 1. The Morgan fingerprint density at radius 3 is 2.79 bits per heavy atom. The lowest BCUT2D eigenvalue weighted by molar-refractivity contribution is -0.118. The quantitative estimate of drug-likeness (QED) is 0.724. The van der Waals surface area contributed by atoms with E-state index in [0.717, 1.165) is 4.90 Å². The fourth-order valence-electron chi connectivity index (χ4n) is 2.78. The molecule has 2 N–H and O–H groups in total.